The van der Waals surface area contributed by atoms with E-state index in [1.54, 1.807) is 0 Å². The zero-order chi connectivity index (χ0) is 53.7. The second kappa shape index (κ2) is 14.9. The maximum atomic E-state index is 8.25. The maximum absolute atomic E-state index is 8.25. The maximum Gasteiger partial charge on any atom is 0.297 e. The van der Waals surface area contributed by atoms with Gasteiger partial charge in [0.15, 0.2) is 0 Å². The van der Waals surface area contributed by atoms with Gasteiger partial charge in [-0.1, -0.05) is 140 Å². The van der Waals surface area contributed by atoms with Gasteiger partial charge >= 0.3 is 0 Å². The van der Waals surface area contributed by atoms with Gasteiger partial charge in [0.1, 0.15) is 11.4 Å². The molecule has 0 radical (unpaired) electrons. The lowest BCUT2D eigenvalue weighted by Crippen LogP contribution is -2.62. The molecule has 0 amide bonds. The lowest BCUT2D eigenvalue weighted by Gasteiger charge is -2.51. The van der Waals surface area contributed by atoms with Crippen molar-refractivity contribution in [2.75, 3.05) is 45.8 Å². The molecule has 9 aliphatic heterocycles. The molecule has 0 aliphatic carbocycles. The molecule has 0 bridgehead atoms. The summed E-state index contributed by atoms with van der Waals surface area (Å²) in [7, 11) is 0. The number of fused-ring (bicyclic) bond motifs is 9. The molecule has 83 heavy (non-hydrogen) atoms. The van der Waals surface area contributed by atoms with Crippen LogP contribution in [0.5, 0.6) is 0 Å². The number of benzene rings is 11. The number of hydrogen-bond donors (Lipinski definition) is 4. The van der Waals surface area contributed by atoms with Gasteiger partial charge in [0, 0.05) is 28.3 Å². The largest absolute Gasteiger partial charge is 0.480 e. The van der Waals surface area contributed by atoms with Crippen LogP contribution in [0.3, 0.4) is 0 Å². The molecular weight excluding hydrogens is 1020 g/mol. The quantitative estimate of drug-likeness (QED) is 0.125. The molecule has 12 heteroatoms. The summed E-state index contributed by atoms with van der Waals surface area (Å²) in [5, 5.41) is 16.2. The van der Waals surface area contributed by atoms with Gasteiger partial charge in [-0.2, -0.15) is 0 Å². The van der Waals surface area contributed by atoms with Crippen LogP contribution in [0, 0.1) is 6.92 Å². The first kappa shape index (κ1) is 42.9. The first-order valence-electron chi connectivity index (χ1n) is 28.7. The first-order valence-corrected chi connectivity index (χ1v) is 28.7. The zero-order valence-corrected chi connectivity index (χ0v) is 44.6. The van der Waals surface area contributed by atoms with Crippen molar-refractivity contribution < 1.29 is 4.42 Å². The molecule has 0 unspecified atom stereocenters. The van der Waals surface area contributed by atoms with E-state index in [1.165, 1.54) is 50.0 Å². The molecule has 1 aromatic heterocycles. The Labute approximate surface area is 478 Å². The third kappa shape index (κ3) is 5.12. The molecule has 21 rings (SSSR count). The summed E-state index contributed by atoms with van der Waals surface area (Å²) in [4.78, 5) is 12.8. The minimum absolute atomic E-state index is 0.268. The van der Waals surface area contributed by atoms with E-state index in [4.69, 9.17) is 4.42 Å². The molecule has 11 aromatic carbocycles. The molecule has 10 nitrogen and oxygen atoms in total. The molecule has 0 fully saturated rings. The number of para-hydroxylation sites is 6. The van der Waals surface area contributed by atoms with Crippen LogP contribution in [-0.4, -0.2) is 13.4 Å². The second-order valence-corrected chi connectivity index (χ2v) is 23.2. The highest BCUT2D eigenvalue weighted by Crippen LogP contribution is 2.66. The number of aryl methyl sites for hydroxylation is 1. The van der Waals surface area contributed by atoms with Crippen molar-refractivity contribution in [3.8, 4) is 22.3 Å². The first-order chi connectivity index (χ1) is 41.1. The van der Waals surface area contributed by atoms with Gasteiger partial charge in [-0.15, -0.1) is 0 Å². The Hall–Kier alpha value is -11.0. The SMILES string of the molecule is Cc1cc2c3c4c1Nc1cccc5c1N4c1c(ccc(-c4ccccc4)c1N5)B3c1oc3c4c1N2c1ccccc1N4c1cc(N(c2ccccc2)c2ccccc2)c2c4c1B3c1cc(-c3ccccc3)cc3c1N4c1c(cccc1N2)N3. The summed E-state index contributed by atoms with van der Waals surface area (Å²) in [6, 6.07) is 80.1. The van der Waals surface area contributed by atoms with Crippen LogP contribution in [0.15, 0.2) is 223 Å². The van der Waals surface area contributed by atoms with Crippen molar-refractivity contribution in [3.63, 3.8) is 0 Å². The Bertz CT molecular complexity index is 4950. The number of anilines is 23. The highest BCUT2D eigenvalue weighted by Gasteiger charge is 2.58. The Morgan fingerprint density at radius 2 is 0.867 bits per heavy atom. The van der Waals surface area contributed by atoms with Gasteiger partial charge in [0.2, 0.25) is 0 Å². The van der Waals surface area contributed by atoms with Gasteiger partial charge in [0.25, 0.3) is 13.4 Å². The van der Waals surface area contributed by atoms with Crippen LogP contribution in [0.1, 0.15) is 5.56 Å². The van der Waals surface area contributed by atoms with Gasteiger partial charge in [-0.05, 0) is 130 Å². The van der Waals surface area contributed by atoms with E-state index < -0.39 is 0 Å². The van der Waals surface area contributed by atoms with E-state index in [0.29, 0.717) is 0 Å². The van der Waals surface area contributed by atoms with Gasteiger partial charge in [-0.25, -0.2) is 0 Å². The molecule has 9 aliphatic rings. The summed E-state index contributed by atoms with van der Waals surface area (Å²) < 4.78 is 8.25. The predicted octanol–water partition coefficient (Wildman–Crippen LogP) is 15.1. The Morgan fingerprint density at radius 1 is 0.349 bits per heavy atom. The van der Waals surface area contributed by atoms with E-state index in [9.17, 15) is 0 Å². The minimum atomic E-state index is -0.325. The molecule has 384 valence electrons. The minimum Gasteiger partial charge on any atom is -0.480 e. The highest BCUT2D eigenvalue weighted by atomic mass is 16.3. The standard InChI is InChI=1S/C71H43B2N9O/c1-38-34-54-57-66-59(38)75-48-27-17-28-49-65(48)82(66)63-45(33-32-44(60(63)76-49)40-20-8-3-9-21-40)72(57)70-68-69-71(83-70)73-46-35-41(39-18-6-2-7-19-39)36-51-62(46)81-64-47(74-51)26-16-29-50(64)77-61-56(78(42-22-10-4-11-23-42)43-24-12-5-13-25-43)37-55(58(73)67(61)81)80(69)53-31-15-14-30-52(53)79(54)68/h2-37,74-77H,1H3. The highest BCUT2D eigenvalue weighted by molar-refractivity contribution is 7.03. The molecule has 0 saturated carbocycles. The summed E-state index contributed by atoms with van der Waals surface area (Å²) >= 11 is 0. The number of nitrogens with one attached hydrogen (secondary N) is 4. The smallest absolute Gasteiger partial charge is 0.297 e. The van der Waals surface area contributed by atoms with Crippen molar-refractivity contribution in [3.05, 3.63) is 224 Å². The van der Waals surface area contributed by atoms with E-state index >= 15 is 0 Å². The normalized spacial score (nSPS) is 14.6. The zero-order valence-electron chi connectivity index (χ0n) is 44.6. The number of nitrogens with zero attached hydrogens (tertiary/aromatic N) is 5. The van der Waals surface area contributed by atoms with E-state index in [-0.39, 0.29) is 13.4 Å². The predicted molar refractivity (Wildman–Crippen MR) is 344 cm³/mol. The molecule has 0 atom stereocenters. The Morgan fingerprint density at radius 3 is 1.51 bits per heavy atom. The summed E-state index contributed by atoms with van der Waals surface area (Å²) in [6.07, 6.45) is 0. The topological polar surface area (TPSA) is 77.5 Å². The number of hydrogen-bond acceptors (Lipinski definition) is 10. The van der Waals surface area contributed by atoms with E-state index in [2.05, 4.69) is 271 Å². The summed E-state index contributed by atoms with van der Waals surface area (Å²) in [5.74, 6) is 0. The van der Waals surface area contributed by atoms with Crippen LogP contribution >= 0.6 is 0 Å². The average Bonchev–Trinajstić information content (AvgIpc) is 1.70. The summed E-state index contributed by atoms with van der Waals surface area (Å²) in [6.45, 7) is 1.68. The van der Waals surface area contributed by atoms with Crippen molar-refractivity contribution in [2.24, 2.45) is 0 Å². The Balaban J connectivity index is 0.911. The van der Waals surface area contributed by atoms with Crippen LogP contribution in [0.2, 0.25) is 0 Å². The van der Waals surface area contributed by atoms with Crippen molar-refractivity contribution in [2.45, 2.75) is 6.92 Å². The third-order valence-electron chi connectivity index (χ3n) is 19.0. The van der Waals surface area contributed by atoms with Crippen molar-refractivity contribution in [1.82, 2.24) is 0 Å². The van der Waals surface area contributed by atoms with E-state index in [1.807, 2.05) is 0 Å². The molecule has 0 saturated heterocycles. The average molecular weight is 1060 g/mol. The third-order valence-corrected chi connectivity index (χ3v) is 19.0. The molecule has 12 aromatic rings. The van der Waals surface area contributed by atoms with Crippen LogP contribution in [0.4, 0.5) is 131 Å². The van der Waals surface area contributed by atoms with Crippen LogP contribution in [-0.2, 0) is 0 Å². The fourth-order valence-electron chi connectivity index (χ4n) is 15.9. The van der Waals surface area contributed by atoms with E-state index in [0.717, 1.165) is 142 Å². The molecule has 10 heterocycles. The molecule has 0 spiro atoms. The second-order valence-electron chi connectivity index (χ2n) is 23.2. The fourth-order valence-corrected chi connectivity index (χ4v) is 15.9. The summed E-state index contributed by atoms with van der Waals surface area (Å²) in [5.41, 5.74) is 37.8. The molecule has 4 N–H and O–H groups in total. The number of rotatable bonds is 5. The number of furan rings is 1. The van der Waals surface area contributed by atoms with Crippen molar-refractivity contribution >= 4 is 177 Å². The van der Waals surface area contributed by atoms with Gasteiger partial charge in [-0.3, -0.25) is 0 Å². The van der Waals surface area contributed by atoms with Crippen molar-refractivity contribution in [1.29, 1.82) is 0 Å². The Kier molecular flexibility index (Phi) is 7.69. The van der Waals surface area contributed by atoms with Gasteiger partial charge in [0.05, 0.1) is 108 Å². The lowest BCUT2D eigenvalue weighted by atomic mass is 9.34. The lowest BCUT2D eigenvalue weighted by molar-refractivity contribution is 0.634. The monoisotopic (exact) mass is 1060 g/mol. The van der Waals surface area contributed by atoms with Gasteiger partial charge < -0.3 is 50.2 Å². The van der Waals surface area contributed by atoms with Crippen LogP contribution < -0.4 is 78.9 Å². The molecular formula is C71H43B2N9O. The fraction of sp³-hybridized carbons (Fsp3) is 0.0141. The van der Waals surface area contributed by atoms with Crippen LogP contribution in [0.25, 0.3) is 22.3 Å².